The number of thiophene rings is 3. The second-order valence-electron chi connectivity index (χ2n) is 25.3. The molecular formula is C83H55Br2Cl2N11O6P2PdS7. The number of aromatic nitrogens is 4. The molecule has 0 spiro atoms. The number of aryl methyl sites for hydroxylation is 1. The summed E-state index contributed by atoms with van der Waals surface area (Å²) in [5.41, 5.74) is 10.4. The Morgan fingerprint density at radius 1 is 0.342 bits per heavy atom. The van der Waals surface area contributed by atoms with E-state index in [1.54, 1.807) is 35.6 Å². The molecule has 114 heavy (non-hydrogen) atoms. The number of benzene rings is 11. The Morgan fingerprint density at radius 3 is 0.877 bits per heavy atom. The van der Waals surface area contributed by atoms with Gasteiger partial charge < -0.3 is 0 Å². The van der Waals surface area contributed by atoms with Crippen LogP contribution in [-0.4, -0.2) is 88.8 Å². The number of carbonyl (C=O) groups is 6. The van der Waals surface area contributed by atoms with E-state index in [2.05, 4.69) is 249 Å². The molecule has 0 N–H and O–H groups in total. The van der Waals surface area contributed by atoms with Crippen molar-refractivity contribution >= 4 is 289 Å². The van der Waals surface area contributed by atoms with Crippen LogP contribution < -0.4 is 31.8 Å². The van der Waals surface area contributed by atoms with Gasteiger partial charge in [-0.3, -0.25) is 43.5 Å². The predicted molar refractivity (Wildman–Crippen MR) is 480 cm³/mol. The van der Waals surface area contributed by atoms with E-state index in [0.717, 1.165) is 115 Å². The molecule has 0 radical (unpaired) electrons. The molecule has 0 unspecified atom stereocenters. The molecule has 568 valence electrons. The first kappa shape index (κ1) is 80.3. The van der Waals surface area contributed by atoms with Crippen LogP contribution in [0.1, 0.15) is 74.5 Å². The summed E-state index contributed by atoms with van der Waals surface area (Å²) < 4.78 is 40.1. The average molecular weight is 1930 g/mol. The molecule has 5 aromatic heterocycles. The third-order valence-electron chi connectivity index (χ3n) is 18.6. The van der Waals surface area contributed by atoms with Gasteiger partial charge in [0.25, 0.3) is 35.4 Å². The van der Waals surface area contributed by atoms with Gasteiger partial charge in [0.15, 0.2) is 0 Å². The molecule has 0 saturated heterocycles. The number of hydrogen-bond acceptors (Lipinski definition) is 19. The first-order valence-electron chi connectivity index (χ1n) is 34.0. The third-order valence-corrected chi connectivity index (χ3v) is 30.4. The molecule has 0 bridgehead atoms. The summed E-state index contributed by atoms with van der Waals surface area (Å²) in [4.78, 5) is 80.3. The zero-order valence-electron chi connectivity index (χ0n) is 59.0. The topological polar surface area (TPSA) is 213 Å². The van der Waals surface area contributed by atoms with Gasteiger partial charge in [0.05, 0.1) is 88.5 Å². The van der Waals surface area contributed by atoms with Crippen molar-refractivity contribution in [2.75, 3.05) is 21.1 Å². The molecule has 16 aromatic rings. The van der Waals surface area contributed by atoms with Gasteiger partial charge in [-0.25, -0.2) is 0 Å². The maximum atomic E-state index is 12.6. The summed E-state index contributed by atoms with van der Waals surface area (Å²) >= 11 is 16.0. The predicted octanol–water partition coefficient (Wildman–Crippen LogP) is 21.9. The summed E-state index contributed by atoms with van der Waals surface area (Å²) in [6, 6.07) is 81.4. The number of rotatable bonds is 8. The molecular weight excluding hydrogens is 1870 g/mol. The summed E-state index contributed by atoms with van der Waals surface area (Å²) in [5.74, 6) is -1.62. The molecule has 31 heteroatoms. The Labute approximate surface area is 716 Å². The molecule has 11 aromatic carbocycles. The van der Waals surface area contributed by atoms with Gasteiger partial charge in [0.2, 0.25) is 0 Å². The van der Waals surface area contributed by atoms with Crippen LogP contribution in [0.15, 0.2) is 263 Å². The Bertz CT molecular complexity index is 6030. The van der Waals surface area contributed by atoms with Gasteiger partial charge in [-0.05, 0) is 157 Å². The van der Waals surface area contributed by atoms with Crippen LogP contribution in [0.5, 0.6) is 0 Å². The van der Waals surface area contributed by atoms with Crippen LogP contribution in [0.3, 0.4) is 0 Å². The zero-order valence-corrected chi connectivity index (χ0v) is 72.7. The second kappa shape index (κ2) is 34.9. The minimum atomic E-state index is -0.446. The molecule has 6 amide bonds. The average Bonchev–Trinajstić information content (AvgIpc) is 1.56. The van der Waals surface area contributed by atoms with Crippen molar-refractivity contribution in [3.63, 3.8) is 0 Å². The van der Waals surface area contributed by atoms with Gasteiger partial charge in [0.1, 0.15) is 44.8 Å². The molecule has 0 saturated carbocycles. The van der Waals surface area contributed by atoms with E-state index in [1.165, 1.54) is 109 Å². The molecule has 10 heterocycles. The summed E-state index contributed by atoms with van der Waals surface area (Å²) in [6.45, 7) is 2.02. The number of halogens is 4. The number of imide groups is 3. The van der Waals surface area contributed by atoms with Gasteiger partial charge in [-0.1, -0.05) is 189 Å². The minimum Gasteiger partial charge on any atom is -0.0622 e. The van der Waals surface area contributed by atoms with E-state index in [0.29, 0.717) is 55.8 Å². The fourth-order valence-corrected chi connectivity index (χ4v) is 25.0. The van der Waals surface area contributed by atoms with Crippen LogP contribution in [0, 0.1) is 6.92 Å². The van der Waals surface area contributed by atoms with Crippen LogP contribution in [0.4, 0.5) is 22.7 Å². The first-order valence-corrected chi connectivity index (χ1v) is 47.6. The van der Waals surface area contributed by atoms with E-state index in [9.17, 15) is 28.8 Å². The summed E-state index contributed by atoms with van der Waals surface area (Å²) in [5, 5.41) is 11.1. The largest absolute Gasteiger partial charge is 0.0622 e. The Hall–Kier alpha value is -8.94. The standard InChI is InChI=1S/C28H12N6O4S4.2C18H15P.C12H9NO2S.C6Br2N4S2.CH4.2ClH.Pd/c1-33-25(35)11-3-9-5-17(39-15(9)7-13(11)27(33)37)19-21-23(31-41-29-21)20(24-22(19)30-42-32-24)18-6-10-4-12-14(8-16(10)40-18)28(38)34(2)26(12)36;2*1-4-10-16(11-5-1)19(17-12-6-2-7-13-17)18-14-8-3-9-15-18;1-6-3-7-4-8-9(5-10(7)16-6)12(15)13(2)11(8)14;7-1-3-5(11-13-9-3)2(8)6-4(1)10-14-12-6;;;;/h3-8H,1-2H3;2*1-15H;3-5H,1-2H3;;1H4;2*1H;/q;;;;;;;;+2/p-2. The maximum Gasteiger partial charge on any atom is -0.0134 e. The smallest absolute Gasteiger partial charge is 0.0134 e. The quantitative estimate of drug-likeness (QED) is 0.0797. The molecule has 21 rings (SSSR count). The minimum absolute atomic E-state index is 0. The van der Waals surface area contributed by atoms with E-state index in [-0.39, 0.29) is 58.8 Å². The van der Waals surface area contributed by atoms with E-state index in [4.69, 9.17) is 19.1 Å². The van der Waals surface area contributed by atoms with Gasteiger partial charge >= 0.3 is 35.0 Å². The Kier molecular flexibility index (Phi) is 24.5. The SMILES string of the molecule is Brc1c2c(c(Br)c3nsnc13)N=S=N2.C.CN1C(=O)c2cc3cc(-c4c5c(c(-c6cc7cc8c(cc7s6)C(=O)N(C)C8=O)c6nsnc46)N=S=N5)sc3cc2C1=O.Cc1cc2cc3c(cc2s1)C(=O)N(C)C3=O.[Cl][Pd][Cl].c1ccc(P(c2ccccc2)c2ccccc2)cc1.c1ccc(P(c2ccccc2)c2ccccc2)cc1. The van der Waals surface area contributed by atoms with Crippen LogP contribution in [0.25, 0.3) is 73.2 Å². The van der Waals surface area contributed by atoms with Crippen LogP contribution in [-0.2, 0) is 38.6 Å². The van der Waals surface area contributed by atoms with Crippen molar-refractivity contribution in [3.05, 3.63) is 284 Å². The van der Waals surface area contributed by atoms with Gasteiger partial charge in [-0.15, -0.1) is 34.0 Å². The van der Waals surface area contributed by atoms with E-state index < -0.39 is 15.8 Å². The Balaban J connectivity index is 0.000000120. The summed E-state index contributed by atoms with van der Waals surface area (Å²) in [6.07, 6.45) is 0. The monoisotopic (exact) mass is 1920 g/mol. The van der Waals surface area contributed by atoms with E-state index >= 15 is 0 Å². The summed E-state index contributed by atoms with van der Waals surface area (Å²) in [7, 11) is 13.2. The Morgan fingerprint density at radius 2 is 0.588 bits per heavy atom. The van der Waals surface area contributed by atoms with Crippen molar-refractivity contribution in [2.24, 2.45) is 17.5 Å². The number of nitrogens with zero attached hydrogens (tertiary/aromatic N) is 11. The fourth-order valence-electron chi connectivity index (χ4n) is 13.3. The van der Waals surface area contributed by atoms with E-state index in [1.807, 2.05) is 37.3 Å². The van der Waals surface area contributed by atoms with Crippen molar-refractivity contribution in [1.82, 2.24) is 32.2 Å². The van der Waals surface area contributed by atoms with Gasteiger partial charge in [-0.2, -0.15) is 34.9 Å². The number of carbonyl (C=O) groups excluding carboxylic acids is 6. The zero-order chi connectivity index (χ0) is 78.3. The molecule has 0 fully saturated rings. The maximum absolute atomic E-state index is 12.6. The van der Waals surface area contributed by atoms with Crippen molar-refractivity contribution in [1.29, 1.82) is 0 Å². The first-order chi connectivity index (χ1) is 55.0. The second-order valence-corrected chi connectivity index (χ2v) is 39.3. The van der Waals surface area contributed by atoms with Crippen LogP contribution in [0.2, 0.25) is 0 Å². The normalized spacial score (nSPS) is 13.2. The molecule has 0 atom stereocenters. The van der Waals surface area contributed by atoms with Crippen molar-refractivity contribution in [3.8, 4) is 20.9 Å². The molecule has 0 aliphatic carbocycles. The number of fused-ring (bicyclic) bond motifs is 10. The molecule has 5 aliphatic heterocycles. The third kappa shape index (κ3) is 15.5. The van der Waals surface area contributed by atoms with Crippen molar-refractivity contribution < 1.29 is 44.7 Å². The molecule has 17 nitrogen and oxygen atoms in total. The van der Waals surface area contributed by atoms with Crippen LogP contribution >= 0.6 is 124 Å². The number of amides is 6. The van der Waals surface area contributed by atoms with Gasteiger partial charge in [0, 0.05) is 61.0 Å². The number of hydrogen-bond donors (Lipinski definition) is 0. The fraction of sp³-hybridized carbons (Fsp3) is 0.0602. The molecule has 5 aliphatic rings. The van der Waals surface area contributed by atoms with Crippen molar-refractivity contribution in [2.45, 2.75) is 14.4 Å².